The van der Waals surface area contributed by atoms with E-state index in [0.717, 1.165) is 54.4 Å². The van der Waals surface area contributed by atoms with Crippen molar-refractivity contribution in [2.75, 3.05) is 0 Å². The zero-order valence-electron chi connectivity index (χ0n) is 19.4. The zero-order chi connectivity index (χ0) is 22.1. The Hall–Kier alpha value is -1.82. The average molecular weight is 456 g/mol. The summed E-state index contributed by atoms with van der Waals surface area (Å²) in [5.74, 6) is 0.0882. The zero-order valence-corrected chi connectivity index (χ0v) is 20.2. The first kappa shape index (κ1) is 22.0. The highest BCUT2D eigenvalue weighted by Gasteiger charge is 2.50. The minimum atomic E-state index is -0.852. The van der Waals surface area contributed by atoms with Gasteiger partial charge in [-0.25, -0.2) is 0 Å². The molecule has 1 N–H and O–H groups in total. The summed E-state index contributed by atoms with van der Waals surface area (Å²) in [6.07, 6.45) is 15.1. The van der Waals surface area contributed by atoms with Gasteiger partial charge in [-0.3, -0.25) is 9.59 Å². The maximum atomic E-state index is 14.0. The number of thiophene rings is 1. The van der Waals surface area contributed by atoms with Gasteiger partial charge in [0.25, 0.3) is 5.91 Å². The molecule has 2 aromatic heterocycles. The van der Waals surface area contributed by atoms with Gasteiger partial charge in [0.05, 0.1) is 16.8 Å². The molecule has 5 nitrogen and oxygen atoms in total. The van der Waals surface area contributed by atoms with Crippen molar-refractivity contribution >= 4 is 33.4 Å². The lowest BCUT2D eigenvalue weighted by Crippen LogP contribution is -2.67. The largest absolute Gasteiger partial charge is 0.351 e. The fourth-order valence-corrected chi connectivity index (χ4v) is 7.09. The third-order valence-electron chi connectivity index (χ3n) is 8.08. The predicted octanol–water partition coefficient (Wildman–Crippen LogP) is 5.87. The van der Waals surface area contributed by atoms with Crippen LogP contribution in [-0.2, 0) is 11.3 Å². The van der Waals surface area contributed by atoms with E-state index in [1.54, 1.807) is 11.3 Å². The number of amides is 2. The Morgan fingerprint density at radius 3 is 2.31 bits per heavy atom. The van der Waals surface area contributed by atoms with Crippen LogP contribution in [0, 0.1) is 0 Å². The molecule has 3 heterocycles. The molecule has 1 aliphatic heterocycles. The highest BCUT2D eigenvalue weighted by Crippen LogP contribution is 2.38. The van der Waals surface area contributed by atoms with Gasteiger partial charge in [-0.1, -0.05) is 57.8 Å². The fraction of sp³-hybridized carbons (Fsp3) is 0.692. The van der Waals surface area contributed by atoms with Crippen molar-refractivity contribution in [2.45, 2.75) is 115 Å². The van der Waals surface area contributed by atoms with Crippen molar-refractivity contribution in [3.63, 3.8) is 0 Å². The van der Waals surface area contributed by atoms with Gasteiger partial charge in [-0.15, -0.1) is 11.3 Å². The van der Waals surface area contributed by atoms with Crippen LogP contribution in [-0.4, -0.2) is 38.9 Å². The molecule has 0 unspecified atom stereocenters. The van der Waals surface area contributed by atoms with Gasteiger partial charge in [0, 0.05) is 12.1 Å². The molecule has 2 aromatic rings. The Labute approximate surface area is 195 Å². The van der Waals surface area contributed by atoms with Crippen LogP contribution < -0.4 is 5.32 Å². The second-order valence-corrected chi connectivity index (χ2v) is 11.3. The quantitative estimate of drug-likeness (QED) is 0.589. The fourth-order valence-electron chi connectivity index (χ4n) is 6.26. The van der Waals surface area contributed by atoms with Crippen LogP contribution in [0.15, 0.2) is 17.5 Å². The summed E-state index contributed by atoms with van der Waals surface area (Å²) in [6.45, 7) is 2.57. The summed E-state index contributed by atoms with van der Waals surface area (Å²) in [7, 11) is 0. The van der Waals surface area contributed by atoms with Crippen molar-refractivity contribution in [1.82, 2.24) is 14.8 Å². The summed E-state index contributed by atoms with van der Waals surface area (Å²) in [5, 5.41) is 5.50. The van der Waals surface area contributed by atoms with Gasteiger partial charge in [-0.2, -0.15) is 0 Å². The van der Waals surface area contributed by atoms with Gasteiger partial charge in [-0.05, 0) is 50.1 Å². The number of fused-ring (bicyclic) bond motifs is 3. The summed E-state index contributed by atoms with van der Waals surface area (Å²) < 4.78 is 3.25. The molecule has 2 amide bonds. The number of nitrogens with one attached hydrogen (secondary N) is 1. The third-order valence-corrected chi connectivity index (χ3v) is 8.93. The van der Waals surface area contributed by atoms with Gasteiger partial charge in [0.2, 0.25) is 5.91 Å². The molecule has 0 saturated heterocycles. The van der Waals surface area contributed by atoms with E-state index in [1.807, 2.05) is 17.9 Å². The molecule has 6 heteroatoms. The van der Waals surface area contributed by atoms with Crippen molar-refractivity contribution in [3.8, 4) is 0 Å². The summed E-state index contributed by atoms with van der Waals surface area (Å²) in [6, 6.07) is 4.52. The molecule has 2 aliphatic carbocycles. The van der Waals surface area contributed by atoms with E-state index >= 15 is 0 Å². The van der Waals surface area contributed by atoms with Gasteiger partial charge < -0.3 is 14.8 Å². The van der Waals surface area contributed by atoms with E-state index in [1.165, 1.54) is 44.9 Å². The Kier molecular flexibility index (Phi) is 6.33. The Balaban J connectivity index is 1.49. The first-order valence-corrected chi connectivity index (χ1v) is 13.7. The molecule has 32 heavy (non-hydrogen) atoms. The number of hydrogen-bond acceptors (Lipinski definition) is 3. The number of carbonyl (C=O) groups is 2. The SMILES string of the molecule is C[C@@]1(C(=O)NC2CCCCCCC2)Cn2c(cc3sccc32)C(=O)N1C1CCCCCC1. The summed E-state index contributed by atoms with van der Waals surface area (Å²) >= 11 is 1.67. The standard InChI is InChI=1S/C26H37N3O2S/c1-26(25(31)27-19-11-7-3-2-4-8-12-19)18-28-21-15-16-32-23(21)17-22(28)24(30)29(26)20-13-9-5-6-10-14-20/h15-17,19-20H,2-14,18H2,1H3,(H,27,31)/t26-/m0/s1. The second-order valence-electron chi connectivity index (χ2n) is 10.4. The van der Waals surface area contributed by atoms with E-state index in [-0.39, 0.29) is 23.9 Å². The minimum absolute atomic E-state index is 0.0434. The van der Waals surface area contributed by atoms with E-state index in [9.17, 15) is 9.59 Å². The third kappa shape index (κ3) is 4.00. The van der Waals surface area contributed by atoms with Crippen LogP contribution in [0.1, 0.15) is 101 Å². The lowest BCUT2D eigenvalue weighted by atomic mass is 9.89. The van der Waals surface area contributed by atoms with Crippen LogP contribution in [0.3, 0.4) is 0 Å². The van der Waals surface area contributed by atoms with Gasteiger partial charge in [0.1, 0.15) is 11.2 Å². The number of nitrogens with zero attached hydrogens (tertiary/aromatic N) is 2. The van der Waals surface area contributed by atoms with E-state index in [2.05, 4.69) is 21.3 Å². The monoisotopic (exact) mass is 455 g/mol. The normalized spacial score (nSPS) is 26.4. The summed E-state index contributed by atoms with van der Waals surface area (Å²) in [5.41, 5.74) is 0.992. The maximum Gasteiger partial charge on any atom is 0.271 e. The Morgan fingerprint density at radius 1 is 1.00 bits per heavy atom. The molecule has 174 valence electrons. The van der Waals surface area contributed by atoms with Crippen molar-refractivity contribution < 1.29 is 9.59 Å². The summed E-state index contributed by atoms with van der Waals surface area (Å²) in [4.78, 5) is 29.9. The highest BCUT2D eigenvalue weighted by molar-refractivity contribution is 7.17. The Morgan fingerprint density at radius 2 is 1.62 bits per heavy atom. The Bertz CT molecular complexity index is 963. The lowest BCUT2D eigenvalue weighted by molar-refractivity contribution is -0.135. The van der Waals surface area contributed by atoms with Gasteiger partial charge in [0.15, 0.2) is 0 Å². The molecule has 0 radical (unpaired) electrons. The molecule has 0 aromatic carbocycles. The molecule has 3 aliphatic rings. The number of hydrogen-bond donors (Lipinski definition) is 1. The molecule has 5 rings (SSSR count). The molecule has 0 bridgehead atoms. The van der Waals surface area contributed by atoms with Crippen molar-refractivity contribution in [1.29, 1.82) is 0 Å². The molecule has 2 fully saturated rings. The molecule has 1 atom stereocenters. The van der Waals surface area contributed by atoms with Crippen LogP contribution in [0.2, 0.25) is 0 Å². The van der Waals surface area contributed by atoms with Crippen LogP contribution in [0.25, 0.3) is 10.2 Å². The average Bonchev–Trinajstić information content (AvgIpc) is 3.24. The van der Waals surface area contributed by atoms with Crippen molar-refractivity contribution in [3.05, 3.63) is 23.2 Å². The van der Waals surface area contributed by atoms with Gasteiger partial charge >= 0.3 is 0 Å². The highest BCUT2D eigenvalue weighted by atomic mass is 32.1. The first-order chi connectivity index (χ1) is 15.6. The molecule has 2 saturated carbocycles. The predicted molar refractivity (Wildman–Crippen MR) is 130 cm³/mol. The smallest absolute Gasteiger partial charge is 0.271 e. The van der Waals surface area contributed by atoms with Crippen LogP contribution in [0.5, 0.6) is 0 Å². The number of aromatic nitrogens is 1. The van der Waals surface area contributed by atoms with E-state index in [0.29, 0.717) is 6.54 Å². The number of carbonyl (C=O) groups excluding carboxylic acids is 2. The minimum Gasteiger partial charge on any atom is -0.351 e. The van der Waals surface area contributed by atoms with Crippen molar-refractivity contribution in [2.24, 2.45) is 0 Å². The molecular weight excluding hydrogens is 418 g/mol. The topological polar surface area (TPSA) is 54.3 Å². The second kappa shape index (κ2) is 9.20. The first-order valence-electron chi connectivity index (χ1n) is 12.8. The number of rotatable bonds is 3. The van der Waals surface area contributed by atoms with E-state index in [4.69, 9.17) is 0 Å². The van der Waals surface area contributed by atoms with Crippen LogP contribution in [0.4, 0.5) is 0 Å². The van der Waals surface area contributed by atoms with E-state index < -0.39 is 5.54 Å². The van der Waals surface area contributed by atoms with Crippen LogP contribution >= 0.6 is 11.3 Å². The maximum absolute atomic E-state index is 14.0. The molecular formula is C26H37N3O2S. The lowest BCUT2D eigenvalue weighted by Gasteiger charge is -2.48. The molecule has 0 spiro atoms.